The van der Waals surface area contributed by atoms with Crippen LogP contribution in [0.4, 0.5) is 15.8 Å². The van der Waals surface area contributed by atoms with Crippen molar-refractivity contribution in [3.05, 3.63) is 93.2 Å². The van der Waals surface area contributed by atoms with Gasteiger partial charge < -0.3 is 21.1 Å². The first-order valence-corrected chi connectivity index (χ1v) is 13.5. The average molecular weight is 595 g/mol. The zero-order valence-electron chi connectivity index (χ0n) is 22.0. The number of carbonyl (C=O) groups excluding carboxylic acids is 2. The lowest BCUT2D eigenvalue weighted by Crippen LogP contribution is -2.50. The Morgan fingerprint density at radius 3 is 2.51 bits per heavy atom. The summed E-state index contributed by atoms with van der Waals surface area (Å²) in [7, 11) is 0. The molecule has 41 heavy (non-hydrogen) atoms. The van der Waals surface area contributed by atoms with E-state index >= 15 is 4.39 Å². The van der Waals surface area contributed by atoms with Crippen molar-refractivity contribution in [2.45, 2.75) is 43.7 Å². The van der Waals surface area contributed by atoms with Gasteiger partial charge in [0, 0.05) is 28.4 Å². The minimum atomic E-state index is -1.52. The topological polar surface area (TPSA) is 131 Å². The quantitative estimate of drug-likeness (QED) is 0.288. The third-order valence-electron chi connectivity index (χ3n) is 7.82. The van der Waals surface area contributed by atoms with Gasteiger partial charge in [0.15, 0.2) is 0 Å². The molecule has 1 spiro atoms. The van der Waals surface area contributed by atoms with E-state index in [4.69, 9.17) is 23.2 Å². The van der Waals surface area contributed by atoms with Crippen molar-refractivity contribution in [2.75, 3.05) is 10.6 Å². The van der Waals surface area contributed by atoms with Gasteiger partial charge in [-0.05, 0) is 73.9 Å². The molecule has 0 bridgehead atoms. The number of nitrogens with one attached hydrogen (secondary N) is 3. The first kappa shape index (κ1) is 28.6. The molecule has 11 heteroatoms. The van der Waals surface area contributed by atoms with Gasteiger partial charge in [-0.25, -0.2) is 9.18 Å². The van der Waals surface area contributed by atoms with E-state index in [1.807, 2.05) is 0 Å². The van der Waals surface area contributed by atoms with Crippen molar-refractivity contribution < 1.29 is 23.9 Å². The Bertz CT molecular complexity index is 1620. The van der Waals surface area contributed by atoms with Crippen LogP contribution in [0.2, 0.25) is 10.0 Å². The van der Waals surface area contributed by atoms with E-state index in [9.17, 15) is 24.8 Å². The largest absolute Gasteiger partial charge is 0.478 e. The molecule has 1 fully saturated rings. The summed E-state index contributed by atoms with van der Waals surface area (Å²) in [5, 5.41) is 28.2. The van der Waals surface area contributed by atoms with Gasteiger partial charge in [-0.1, -0.05) is 41.4 Å². The number of halogens is 3. The van der Waals surface area contributed by atoms with E-state index in [1.54, 1.807) is 38.1 Å². The summed E-state index contributed by atoms with van der Waals surface area (Å²) in [5.41, 5.74) is -1.09. The number of anilines is 2. The van der Waals surface area contributed by atoms with Crippen molar-refractivity contribution >= 4 is 52.4 Å². The van der Waals surface area contributed by atoms with Gasteiger partial charge in [-0.2, -0.15) is 5.26 Å². The monoisotopic (exact) mass is 594 g/mol. The summed E-state index contributed by atoms with van der Waals surface area (Å²) in [4.78, 5) is 39.3. The van der Waals surface area contributed by atoms with Gasteiger partial charge in [0.2, 0.25) is 11.8 Å². The zero-order valence-corrected chi connectivity index (χ0v) is 23.5. The number of hydrogen-bond acceptors (Lipinski definition) is 5. The van der Waals surface area contributed by atoms with E-state index in [0.717, 1.165) is 0 Å². The van der Waals surface area contributed by atoms with Crippen LogP contribution in [0.15, 0.2) is 60.7 Å². The molecule has 4 N–H and O–H groups in total. The zero-order chi connectivity index (χ0) is 29.7. The van der Waals surface area contributed by atoms with Crippen LogP contribution in [0.5, 0.6) is 0 Å². The van der Waals surface area contributed by atoms with E-state index in [0.29, 0.717) is 22.0 Å². The smallest absolute Gasteiger partial charge is 0.335 e. The number of fused-ring (bicyclic) bond motifs is 2. The molecule has 0 aliphatic carbocycles. The molecule has 1 saturated heterocycles. The Balaban J connectivity index is 1.70. The molecule has 5 rings (SSSR count). The highest BCUT2D eigenvalue weighted by atomic mass is 35.5. The number of aromatic carboxylic acids is 1. The molecule has 0 radical (unpaired) electrons. The second-order valence-electron chi connectivity index (χ2n) is 10.9. The van der Waals surface area contributed by atoms with E-state index in [-0.39, 0.29) is 22.6 Å². The van der Waals surface area contributed by atoms with Gasteiger partial charge >= 0.3 is 5.97 Å². The van der Waals surface area contributed by atoms with E-state index in [1.165, 1.54) is 36.4 Å². The van der Waals surface area contributed by atoms with Gasteiger partial charge in [0.1, 0.15) is 11.2 Å². The maximum absolute atomic E-state index is 15.8. The van der Waals surface area contributed by atoms with Gasteiger partial charge in [0.05, 0.1) is 28.1 Å². The van der Waals surface area contributed by atoms with Crippen LogP contribution in [0.3, 0.4) is 0 Å². The number of hydrogen-bond donors (Lipinski definition) is 4. The first-order chi connectivity index (χ1) is 19.4. The van der Waals surface area contributed by atoms with Gasteiger partial charge in [-0.3, -0.25) is 9.59 Å². The second-order valence-corrected chi connectivity index (χ2v) is 11.7. The Kier molecular flexibility index (Phi) is 7.28. The molecule has 0 unspecified atom stereocenters. The lowest BCUT2D eigenvalue weighted by Gasteiger charge is -2.37. The molecule has 210 valence electrons. The highest BCUT2D eigenvalue weighted by Crippen LogP contribution is 2.57. The molecule has 2 aliphatic rings. The van der Waals surface area contributed by atoms with Crippen LogP contribution in [0.25, 0.3) is 0 Å². The number of nitrogens with zero attached hydrogens (tertiary/aromatic N) is 1. The summed E-state index contributed by atoms with van der Waals surface area (Å²) >= 11 is 12.4. The van der Waals surface area contributed by atoms with Crippen LogP contribution in [-0.4, -0.2) is 35.0 Å². The first-order valence-electron chi connectivity index (χ1n) is 12.8. The number of amides is 2. The maximum atomic E-state index is 15.8. The van der Waals surface area contributed by atoms with Crippen LogP contribution in [-0.2, 0) is 15.0 Å². The summed E-state index contributed by atoms with van der Waals surface area (Å²) in [6.45, 7) is 3.45. The molecule has 3 aromatic rings. The number of nitriles is 1. The molecule has 0 saturated carbocycles. The lowest BCUT2D eigenvalue weighted by atomic mass is 9.62. The van der Waals surface area contributed by atoms with E-state index in [2.05, 4.69) is 22.0 Å². The lowest BCUT2D eigenvalue weighted by molar-refractivity contribution is -0.122. The van der Waals surface area contributed by atoms with Crippen molar-refractivity contribution in [1.29, 1.82) is 5.26 Å². The fraction of sp³-hybridized carbons (Fsp3) is 0.267. The third-order valence-corrected chi connectivity index (χ3v) is 8.35. The summed E-state index contributed by atoms with van der Waals surface area (Å²) < 4.78 is 15.8. The Hall–Kier alpha value is -3.97. The van der Waals surface area contributed by atoms with Crippen molar-refractivity contribution in [2.24, 2.45) is 5.41 Å². The Labute approximate surface area is 245 Å². The molecule has 3 aromatic carbocycles. The number of benzene rings is 3. The predicted molar refractivity (Wildman–Crippen MR) is 153 cm³/mol. The normalized spacial score (nSPS) is 23.1. The summed E-state index contributed by atoms with van der Waals surface area (Å²) in [6, 6.07) is 15.2. The molecule has 8 nitrogen and oxygen atoms in total. The van der Waals surface area contributed by atoms with Gasteiger partial charge in [-0.15, -0.1) is 0 Å². The molecular weight excluding hydrogens is 570 g/mol. The summed E-state index contributed by atoms with van der Waals surface area (Å²) in [6.07, 6.45) is 0.148. The summed E-state index contributed by atoms with van der Waals surface area (Å²) in [5.74, 6) is -4.02. The molecule has 4 atom stereocenters. The molecule has 2 heterocycles. The number of rotatable bonds is 6. The van der Waals surface area contributed by atoms with Crippen LogP contribution in [0, 0.1) is 22.6 Å². The van der Waals surface area contributed by atoms with Crippen molar-refractivity contribution in [3.8, 4) is 6.07 Å². The molecule has 2 aliphatic heterocycles. The Morgan fingerprint density at radius 2 is 1.85 bits per heavy atom. The SMILES string of the molecule is CC(C)(C#N)C[C@@H]1N[C@@H](C(=O)Nc2ccc(C(=O)O)cc2)[C@H](c2cccc(Cl)c2F)[C@]12C(=O)Nc1cc(Cl)ccc12. The molecule has 0 aromatic heterocycles. The number of carboxylic acid groups (broad SMARTS) is 1. The fourth-order valence-electron chi connectivity index (χ4n) is 6.01. The Morgan fingerprint density at radius 1 is 1.15 bits per heavy atom. The number of carboxylic acids is 1. The van der Waals surface area contributed by atoms with Crippen molar-refractivity contribution in [1.82, 2.24) is 5.32 Å². The van der Waals surface area contributed by atoms with E-state index < -0.39 is 52.4 Å². The minimum absolute atomic E-state index is 0.0384. The average Bonchev–Trinajstić information content (AvgIpc) is 3.40. The van der Waals surface area contributed by atoms with Crippen LogP contribution in [0.1, 0.15) is 47.7 Å². The fourth-order valence-corrected chi connectivity index (χ4v) is 6.37. The van der Waals surface area contributed by atoms with Crippen molar-refractivity contribution in [3.63, 3.8) is 0 Å². The van der Waals surface area contributed by atoms with Crippen LogP contribution >= 0.6 is 23.2 Å². The maximum Gasteiger partial charge on any atom is 0.335 e. The highest BCUT2D eigenvalue weighted by Gasteiger charge is 2.66. The van der Waals surface area contributed by atoms with Crippen LogP contribution < -0.4 is 16.0 Å². The molecule has 2 amide bonds. The standard InChI is InChI=1S/C30H25Cl2FN4O4/c1-29(2,14-34)13-22-30(19-11-8-16(31)12-21(19)36-28(30)41)23(18-4-3-5-20(32)24(18)33)25(37-22)26(38)35-17-9-6-15(7-10-17)27(39)40/h3-12,22-23,25,37H,13H2,1-2H3,(H,35,38)(H,36,41)(H,39,40)/t22-,23-,25+,30+/m0/s1. The van der Waals surface area contributed by atoms with Gasteiger partial charge in [0.25, 0.3) is 0 Å². The highest BCUT2D eigenvalue weighted by molar-refractivity contribution is 6.31. The molecular formula is C30H25Cl2FN4O4. The third kappa shape index (κ3) is 4.82. The number of carbonyl (C=O) groups is 3. The minimum Gasteiger partial charge on any atom is -0.478 e. The second kappa shape index (κ2) is 10.5. The predicted octanol–water partition coefficient (Wildman–Crippen LogP) is 5.72.